The molecule has 0 saturated carbocycles. The van der Waals surface area contributed by atoms with E-state index in [1.54, 1.807) is 42.1 Å². The number of carboxylic acid groups (broad SMARTS) is 1. The smallest absolute Gasteiger partial charge is 0.260 e. The van der Waals surface area contributed by atoms with Gasteiger partial charge in [0.2, 0.25) is 0 Å². The van der Waals surface area contributed by atoms with Crippen molar-refractivity contribution in [3.05, 3.63) is 60.4 Å². The average Bonchev–Trinajstić information content (AvgIpc) is 3.07. The van der Waals surface area contributed by atoms with Gasteiger partial charge in [0.05, 0.1) is 29.0 Å². The van der Waals surface area contributed by atoms with E-state index in [1.165, 1.54) is 0 Å². The van der Waals surface area contributed by atoms with Crippen molar-refractivity contribution in [1.82, 2.24) is 15.0 Å². The molecule has 2 aromatic carbocycles. The minimum atomic E-state index is -1.30. The molecule has 0 aliphatic heterocycles. The first-order valence-corrected chi connectivity index (χ1v) is 8.19. The third-order valence-electron chi connectivity index (χ3n) is 3.80. The van der Waals surface area contributed by atoms with Gasteiger partial charge in [-0.05, 0) is 31.2 Å². The number of hydrogen-bond acceptors (Lipinski definition) is 6. The van der Waals surface area contributed by atoms with E-state index in [1.807, 2.05) is 24.3 Å². The third kappa shape index (κ3) is 4.69. The number of amides is 1. The van der Waals surface area contributed by atoms with Gasteiger partial charge in [0.1, 0.15) is 18.9 Å². The lowest BCUT2D eigenvalue weighted by molar-refractivity contribution is -0.307. The number of ether oxygens (including phenoxy) is 1. The summed E-state index contributed by atoms with van der Waals surface area (Å²) >= 11 is 0. The van der Waals surface area contributed by atoms with E-state index in [0.717, 1.165) is 11.0 Å². The minimum Gasteiger partial charge on any atom is -0.546 e. The van der Waals surface area contributed by atoms with Crippen LogP contribution in [0.1, 0.15) is 12.5 Å². The first kappa shape index (κ1) is 18.1. The van der Waals surface area contributed by atoms with Crippen molar-refractivity contribution in [3.8, 4) is 5.75 Å². The number of fused-ring (bicyclic) bond motifs is 1. The van der Waals surface area contributed by atoms with Gasteiger partial charge in [-0.3, -0.25) is 4.79 Å². The van der Waals surface area contributed by atoms with Crippen molar-refractivity contribution in [1.29, 1.82) is 0 Å². The summed E-state index contributed by atoms with van der Waals surface area (Å²) in [6.45, 7) is 1.28. The van der Waals surface area contributed by atoms with Crippen molar-refractivity contribution < 1.29 is 19.4 Å². The van der Waals surface area contributed by atoms with E-state index in [2.05, 4.69) is 15.5 Å². The molecule has 0 aliphatic carbocycles. The van der Waals surface area contributed by atoms with E-state index < -0.39 is 12.6 Å². The second-order valence-electron chi connectivity index (χ2n) is 5.78. The van der Waals surface area contributed by atoms with E-state index in [-0.39, 0.29) is 12.5 Å². The van der Waals surface area contributed by atoms with Gasteiger partial charge in [-0.1, -0.05) is 24.3 Å². The van der Waals surface area contributed by atoms with Gasteiger partial charge in [0, 0.05) is 5.56 Å². The lowest BCUT2D eigenvalue weighted by Gasteiger charge is -2.09. The van der Waals surface area contributed by atoms with Gasteiger partial charge >= 0.3 is 0 Å². The zero-order valence-corrected chi connectivity index (χ0v) is 14.6. The highest BCUT2D eigenvalue weighted by Gasteiger charge is 2.07. The zero-order valence-electron chi connectivity index (χ0n) is 14.6. The Morgan fingerprint density at radius 1 is 1.22 bits per heavy atom. The van der Waals surface area contributed by atoms with E-state index >= 15 is 0 Å². The van der Waals surface area contributed by atoms with Gasteiger partial charge < -0.3 is 19.2 Å². The number of hydrogen-bond donors (Lipinski definition) is 1. The largest absolute Gasteiger partial charge is 0.546 e. The van der Waals surface area contributed by atoms with Crippen molar-refractivity contribution in [2.45, 2.75) is 13.5 Å². The molecule has 0 fully saturated rings. The second kappa shape index (κ2) is 8.13. The molecule has 1 heterocycles. The van der Waals surface area contributed by atoms with Gasteiger partial charge in [0.15, 0.2) is 0 Å². The molecular formula is C19H17N4O4-. The van der Waals surface area contributed by atoms with Gasteiger partial charge in [-0.15, -0.1) is 0 Å². The predicted molar refractivity (Wildman–Crippen MR) is 97.0 cm³/mol. The lowest BCUT2D eigenvalue weighted by atomic mass is 10.1. The topological polar surface area (TPSA) is 109 Å². The zero-order chi connectivity index (χ0) is 19.2. The number of carbonyl (C=O) groups is 2. The van der Waals surface area contributed by atoms with Gasteiger partial charge in [-0.25, -0.2) is 10.4 Å². The summed E-state index contributed by atoms with van der Waals surface area (Å²) in [6.07, 6.45) is 1.61. The predicted octanol–water partition coefficient (Wildman–Crippen LogP) is 0.705. The fourth-order valence-corrected chi connectivity index (χ4v) is 2.49. The Hall–Kier alpha value is -3.68. The molecule has 0 radical (unpaired) electrons. The van der Waals surface area contributed by atoms with Crippen LogP contribution in [0.2, 0.25) is 0 Å². The van der Waals surface area contributed by atoms with Crippen molar-refractivity contribution in [2.75, 3.05) is 6.61 Å². The summed E-state index contributed by atoms with van der Waals surface area (Å²) in [5, 5.41) is 14.6. The molecule has 3 aromatic rings. The molecule has 0 saturated heterocycles. The molecule has 8 nitrogen and oxygen atoms in total. The van der Waals surface area contributed by atoms with Crippen LogP contribution in [0.3, 0.4) is 0 Å². The Bertz CT molecular complexity index is 1010. The second-order valence-corrected chi connectivity index (χ2v) is 5.78. The van der Waals surface area contributed by atoms with Crippen LogP contribution in [0.4, 0.5) is 0 Å². The van der Waals surface area contributed by atoms with Crippen LogP contribution in [0.15, 0.2) is 60.0 Å². The maximum atomic E-state index is 12.2. The monoisotopic (exact) mass is 365 g/mol. The van der Waals surface area contributed by atoms with E-state index in [4.69, 9.17) is 4.74 Å². The summed E-state index contributed by atoms with van der Waals surface area (Å²) in [4.78, 5) is 26.9. The van der Waals surface area contributed by atoms with Gasteiger partial charge in [0.25, 0.3) is 5.91 Å². The number of hydrazone groups is 1. The number of nitrogens with zero attached hydrogens (tertiary/aromatic N) is 3. The maximum Gasteiger partial charge on any atom is 0.260 e. The molecule has 138 valence electrons. The molecule has 0 unspecified atom stereocenters. The first-order valence-electron chi connectivity index (χ1n) is 8.19. The van der Waals surface area contributed by atoms with Crippen molar-refractivity contribution >= 4 is 28.6 Å². The number of rotatable bonds is 7. The molecule has 27 heavy (non-hydrogen) atoms. The number of aliphatic carboxylic acids is 1. The van der Waals surface area contributed by atoms with Gasteiger partial charge in [-0.2, -0.15) is 5.10 Å². The fraction of sp³-hybridized carbons (Fsp3) is 0.158. The standard InChI is InChI=1S/C19H18N4O4/c1-13(14-5-4-6-15(9-14)27-11-19(25)26)21-22-18(24)10-23-12-20-16-7-2-3-8-17(16)23/h2-9,12H,10-11H2,1H3,(H,22,24)(H,25,26)/p-1/b21-13-. The summed E-state index contributed by atoms with van der Waals surface area (Å²) in [6, 6.07) is 14.3. The van der Waals surface area contributed by atoms with Crippen LogP contribution in [-0.4, -0.2) is 33.7 Å². The molecule has 8 heteroatoms. The molecule has 0 bridgehead atoms. The average molecular weight is 365 g/mol. The summed E-state index contributed by atoms with van der Waals surface area (Å²) in [7, 11) is 0. The number of nitrogens with one attached hydrogen (secondary N) is 1. The third-order valence-corrected chi connectivity index (χ3v) is 3.80. The highest BCUT2D eigenvalue weighted by Crippen LogP contribution is 2.14. The Balaban J connectivity index is 1.64. The fourth-order valence-electron chi connectivity index (χ4n) is 2.49. The quantitative estimate of drug-likeness (QED) is 0.490. The van der Waals surface area contributed by atoms with Crippen molar-refractivity contribution in [3.63, 3.8) is 0 Å². The van der Waals surface area contributed by atoms with Crippen LogP contribution in [0.25, 0.3) is 11.0 Å². The normalized spacial score (nSPS) is 11.4. The number of imidazole rings is 1. The highest BCUT2D eigenvalue weighted by molar-refractivity contribution is 5.99. The Morgan fingerprint density at radius 3 is 2.85 bits per heavy atom. The minimum absolute atomic E-state index is 0.0893. The number of carbonyl (C=O) groups excluding carboxylic acids is 2. The number of carboxylic acids is 1. The maximum absolute atomic E-state index is 12.2. The summed E-state index contributed by atoms with van der Waals surface area (Å²) in [5.74, 6) is -1.21. The first-order chi connectivity index (χ1) is 13.0. The Labute approximate surface area is 155 Å². The lowest BCUT2D eigenvalue weighted by Crippen LogP contribution is -2.28. The van der Waals surface area contributed by atoms with Crippen LogP contribution in [-0.2, 0) is 16.1 Å². The molecule has 0 spiro atoms. The molecule has 1 amide bonds. The summed E-state index contributed by atoms with van der Waals surface area (Å²) in [5.41, 5.74) is 5.44. The molecule has 1 aromatic heterocycles. The van der Waals surface area contributed by atoms with E-state index in [9.17, 15) is 14.7 Å². The molecule has 0 aliphatic rings. The molecule has 1 N–H and O–H groups in total. The Kier molecular flexibility index (Phi) is 5.46. The molecular weight excluding hydrogens is 348 g/mol. The molecule has 3 rings (SSSR count). The SMILES string of the molecule is C/C(=N/NC(=O)Cn1cnc2ccccc21)c1cccc(OCC(=O)[O-])c1. The van der Waals surface area contributed by atoms with Crippen LogP contribution in [0, 0.1) is 0 Å². The molecule has 0 atom stereocenters. The highest BCUT2D eigenvalue weighted by atomic mass is 16.5. The Morgan fingerprint density at radius 2 is 2.04 bits per heavy atom. The number of para-hydroxylation sites is 2. The van der Waals surface area contributed by atoms with Crippen molar-refractivity contribution in [2.24, 2.45) is 5.10 Å². The number of benzene rings is 2. The van der Waals surface area contributed by atoms with Crippen LogP contribution in [0.5, 0.6) is 5.75 Å². The van der Waals surface area contributed by atoms with Crippen LogP contribution >= 0.6 is 0 Å². The summed E-state index contributed by atoms with van der Waals surface area (Å²) < 4.78 is 6.82. The number of aromatic nitrogens is 2. The van der Waals surface area contributed by atoms with Crippen LogP contribution < -0.4 is 15.3 Å². The van der Waals surface area contributed by atoms with E-state index in [0.29, 0.717) is 17.0 Å².